The lowest BCUT2D eigenvalue weighted by Gasteiger charge is -2.15. The van der Waals surface area contributed by atoms with Gasteiger partial charge in [0.25, 0.3) is 0 Å². The van der Waals surface area contributed by atoms with Gasteiger partial charge in [-0.05, 0) is 13.8 Å². The monoisotopic (exact) mass is 213 g/mol. The van der Waals surface area contributed by atoms with Crippen molar-refractivity contribution in [1.29, 1.82) is 0 Å². The molecule has 86 valence electrons. The average molecular weight is 213 g/mol. The van der Waals surface area contributed by atoms with Crippen molar-refractivity contribution in [3.05, 3.63) is 18.2 Å². The third-order valence-corrected chi connectivity index (χ3v) is 2.01. The Labute approximate surface area is 89.9 Å². The molecule has 0 saturated heterocycles. The minimum absolute atomic E-state index is 0.136. The molecule has 0 aromatic carbocycles. The molecule has 0 spiro atoms. The summed E-state index contributed by atoms with van der Waals surface area (Å²) in [6, 6.07) is 0. The molecule has 0 aliphatic carbocycles. The molecule has 1 aromatic heterocycles. The lowest BCUT2D eigenvalue weighted by Crippen LogP contribution is -2.25. The molecule has 5 nitrogen and oxygen atoms in total. The van der Waals surface area contributed by atoms with Crippen LogP contribution < -0.4 is 5.73 Å². The fourth-order valence-electron chi connectivity index (χ4n) is 1.28. The first-order valence-electron chi connectivity index (χ1n) is 5.13. The van der Waals surface area contributed by atoms with Crippen LogP contribution in [0.2, 0.25) is 0 Å². The van der Waals surface area contributed by atoms with Crippen LogP contribution >= 0.6 is 0 Å². The fraction of sp³-hybridized carbons (Fsp3) is 0.700. The van der Waals surface area contributed by atoms with Gasteiger partial charge in [-0.15, -0.1) is 0 Å². The van der Waals surface area contributed by atoms with Crippen LogP contribution in [0.25, 0.3) is 0 Å². The Bertz CT molecular complexity index is 286. The average Bonchev–Trinajstić information content (AvgIpc) is 2.62. The summed E-state index contributed by atoms with van der Waals surface area (Å²) in [5.74, 6) is 0.776. The number of hydrogen-bond donors (Lipinski definition) is 2. The van der Waals surface area contributed by atoms with Gasteiger partial charge in [0, 0.05) is 12.4 Å². The molecule has 0 aliphatic rings. The standard InChI is InChI=1S/C10H19N3O2/c1-8(2)15-7-9(14)6-13-4-3-12-10(13)5-11/h3-4,8-9,14H,5-7,11H2,1-2H3. The van der Waals surface area contributed by atoms with Crippen LogP contribution in [-0.2, 0) is 17.8 Å². The normalized spacial score (nSPS) is 13.4. The summed E-state index contributed by atoms with van der Waals surface area (Å²) in [5, 5.41) is 9.68. The third kappa shape index (κ3) is 3.99. The lowest BCUT2D eigenvalue weighted by molar-refractivity contribution is -0.000983. The van der Waals surface area contributed by atoms with Crippen LogP contribution in [0.5, 0.6) is 0 Å². The summed E-state index contributed by atoms with van der Waals surface area (Å²) in [6.45, 7) is 5.06. The number of nitrogens with two attached hydrogens (primary N) is 1. The van der Waals surface area contributed by atoms with Gasteiger partial charge in [0.05, 0.1) is 31.9 Å². The number of nitrogens with zero attached hydrogens (tertiary/aromatic N) is 2. The Kier molecular flexibility index (Phi) is 4.74. The van der Waals surface area contributed by atoms with E-state index < -0.39 is 6.10 Å². The highest BCUT2D eigenvalue weighted by molar-refractivity contribution is 4.91. The number of hydrogen-bond acceptors (Lipinski definition) is 4. The van der Waals surface area contributed by atoms with Crippen LogP contribution in [-0.4, -0.2) is 33.5 Å². The first kappa shape index (κ1) is 12.2. The van der Waals surface area contributed by atoms with E-state index in [1.165, 1.54) is 0 Å². The Morgan fingerprint density at radius 1 is 1.60 bits per heavy atom. The van der Waals surface area contributed by atoms with Crippen molar-refractivity contribution in [2.45, 2.75) is 39.1 Å². The van der Waals surface area contributed by atoms with Crippen LogP contribution in [0.4, 0.5) is 0 Å². The van der Waals surface area contributed by atoms with Gasteiger partial charge in [0.1, 0.15) is 5.82 Å². The van der Waals surface area contributed by atoms with E-state index in [0.717, 1.165) is 5.82 Å². The second kappa shape index (κ2) is 5.85. The summed E-state index contributed by atoms with van der Waals surface area (Å²) in [7, 11) is 0. The largest absolute Gasteiger partial charge is 0.389 e. The Balaban J connectivity index is 2.40. The van der Waals surface area contributed by atoms with Crippen molar-refractivity contribution in [3.63, 3.8) is 0 Å². The van der Waals surface area contributed by atoms with Crippen LogP contribution in [0, 0.1) is 0 Å². The van der Waals surface area contributed by atoms with Crippen molar-refractivity contribution >= 4 is 0 Å². The van der Waals surface area contributed by atoms with Gasteiger partial charge in [-0.3, -0.25) is 0 Å². The van der Waals surface area contributed by atoms with Gasteiger partial charge in [-0.2, -0.15) is 0 Å². The minimum Gasteiger partial charge on any atom is -0.389 e. The van der Waals surface area contributed by atoms with E-state index in [1.54, 1.807) is 12.4 Å². The molecular weight excluding hydrogens is 194 g/mol. The van der Waals surface area contributed by atoms with E-state index in [1.807, 2.05) is 18.4 Å². The predicted octanol–water partition coefficient (Wildman–Crippen LogP) is 0.128. The Morgan fingerprint density at radius 2 is 2.33 bits per heavy atom. The third-order valence-electron chi connectivity index (χ3n) is 2.01. The zero-order chi connectivity index (χ0) is 11.3. The Hall–Kier alpha value is -0.910. The molecule has 0 bridgehead atoms. The molecule has 0 aliphatic heterocycles. The summed E-state index contributed by atoms with van der Waals surface area (Å²) in [6.07, 6.45) is 3.10. The summed E-state index contributed by atoms with van der Waals surface area (Å²) < 4.78 is 7.15. The van der Waals surface area contributed by atoms with Gasteiger partial charge in [-0.1, -0.05) is 0 Å². The molecule has 3 N–H and O–H groups in total. The molecule has 0 fully saturated rings. The highest BCUT2D eigenvalue weighted by atomic mass is 16.5. The molecule has 0 radical (unpaired) electrons. The van der Waals surface area contributed by atoms with Crippen molar-refractivity contribution < 1.29 is 9.84 Å². The van der Waals surface area contributed by atoms with E-state index >= 15 is 0 Å². The van der Waals surface area contributed by atoms with Gasteiger partial charge < -0.3 is 20.1 Å². The van der Waals surface area contributed by atoms with Crippen LogP contribution in [0.1, 0.15) is 19.7 Å². The molecule has 1 atom stereocenters. The van der Waals surface area contributed by atoms with E-state index in [2.05, 4.69) is 4.98 Å². The van der Waals surface area contributed by atoms with Crippen molar-refractivity contribution in [3.8, 4) is 0 Å². The maximum absolute atomic E-state index is 9.68. The molecule has 1 rings (SSSR count). The topological polar surface area (TPSA) is 73.3 Å². The van der Waals surface area contributed by atoms with Crippen molar-refractivity contribution in [2.24, 2.45) is 5.73 Å². The number of aliphatic hydroxyl groups is 1. The van der Waals surface area contributed by atoms with E-state index in [9.17, 15) is 5.11 Å². The predicted molar refractivity (Wildman–Crippen MR) is 57.2 cm³/mol. The van der Waals surface area contributed by atoms with Gasteiger partial charge in [0.15, 0.2) is 0 Å². The zero-order valence-electron chi connectivity index (χ0n) is 9.26. The maximum Gasteiger partial charge on any atom is 0.122 e. The van der Waals surface area contributed by atoms with E-state index in [0.29, 0.717) is 19.7 Å². The van der Waals surface area contributed by atoms with Crippen molar-refractivity contribution in [1.82, 2.24) is 9.55 Å². The SMILES string of the molecule is CC(C)OCC(O)Cn1ccnc1CN. The number of aromatic nitrogens is 2. The smallest absolute Gasteiger partial charge is 0.122 e. The molecule has 1 unspecified atom stereocenters. The second-order valence-corrected chi connectivity index (χ2v) is 3.74. The summed E-state index contributed by atoms with van der Waals surface area (Å²) in [4.78, 5) is 4.07. The summed E-state index contributed by atoms with van der Waals surface area (Å²) >= 11 is 0. The molecule has 1 heterocycles. The zero-order valence-corrected chi connectivity index (χ0v) is 9.26. The fourth-order valence-corrected chi connectivity index (χ4v) is 1.28. The maximum atomic E-state index is 9.68. The molecule has 0 saturated carbocycles. The number of imidazole rings is 1. The second-order valence-electron chi connectivity index (χ2n) is 3.74. The number of aliphatic hydroxyl groups excluding tert-OH is 1. The highest BCUT2D eigenvalue weighted by Crippen LogP contribution is 2.00. The van der Waals surface area contributed by atoms with Crippen LogP contribution in [0.15, 0.2) is 12.4 Å². The van der Waals surface area contributed by atoms with Gasteiger partial charge in [-0.25, -0.2) is 4.98 Å². The molecule has 1 aromatic rings. The van der Waals surface area contributed by atoms with Crippen LogP contribution in [0.3, 0.4) is 0 Å². The first-order chi connectivity index (χ1) is 7.13. The first-order valence-corrected chi connectivity index (χ1v) is 5.13. The molecule has 0 amide bonds. The molecular formula is C10H19N3O2. The quantitative estimate of drug-likeness (QED) is 0.704. The minimum atomic E-state index is -0.521. The number of ether oxygens (including phenoxy) is 1. The van der Waals surface area contributed by atoms with Crippen molar-refractivity contribution in [2.75, 3.05) is 6.61 Å². The van der Waals surface area contributed by atoms with Gasteiger partial charge in [0.2, 0.25) is 0 Å². The van der Waals surface area contributed by atoms with E-state index in [-0.39, 0.29) is 6.10 Å². The van der Waals surface area contributed by atoms with Gasteiger partial charge >= 0.3 is 0 Å². The van der Waals surface area contributed by atoms with E-state index in [4.69, 9.17) is 10.5 Å². The lowest BCUT2D eigenvalue weighted by atomic mass is 10.3. The summed E-state index contributed by atoms with van der Waals surface area (Å²) in [5.41, 5.74) is 5.50. The number of rotatable bonds is 6. The molecule has 5 heteroatoms. The highest BCUT2D eigenvalue weighted by Gasteiger charge is 2.08. The molecule has 15 heavy (non-hydrogen) atoms. The Morgan fingerprint density at radius 3 is 2.93 bits per heavy atom.